The van der Waals surface area contributed by atoms with E-state index < -0.39 is 0 Å². The standard InChI is InChI=1S/C20H22N2O3/c1-14-5-3-4-6-16(14)12-19(23)21-13-15-7-8-18-17(11-15)22(2)20(24)9-10-25-18/h3-8,11H,9-10,12-13H2,1-2H3,(H,21,23). The summed E-state index contributed by atoms with van der Waals surface area (Å²) >= 11 is 0. The molecule has 130 valence electrons. The first-order chi connectivity index (χ1) is 12.0. The number of fused-ring (bicyclic) bond motifs is 1. The molecular formula is C20H22N2O3. The van der Waals surface area contributed by atoms with E-state index >= 15 is 0 Å². The quantitative estimate of drug-likeness (QED) is 0.932. The molecule has 3 rings (SSSR count). The van der Waals surface area contributed by atoms with Gasteiger partial charge in [-0.05, 0) is 35.7 Å². The molecule has 0 saturated heterocycles. The van der Waals surface area contributed by atoms with Crippen molar-refractivity contribution < 1.29 is 14.3 Å². The van der Waals surface area contributed by atoms with E-state index in [2.05, 4.69) is 5.32 Å². The maximum Gasteiger partial charge on any atom is 0.230 e. The molecule has 2 aromatic carbocycles. The first kappa shape index (κ1) is 17.0. The molecule has 0 fully saturated rings. The second kappa shape index (κ2) is 7.38. The van der Waals surface area contributed by atoms with Crippen molar-refractivity contribution in [2.75, 3.05) is 18.6 Å². The van der Waals surface area contributed by atoms with Crippen molar-refractivity contribution in [3.63, 3.8) is 0 Å². The molecule has 2 aromatic rings. The van der Waals surface area contributed by atoms with Gasteiger partial charge in [-0.1, -0.05) is 30.3 Å². The van der Waals surface area contributed by atoms with Crippen LogP contribution in [0.2, 0.25) is 0 Å². The Morgan fingerprint density at radius 3 is 2.84 bits per heavy atom. The van der Waals surface area contributed by atoms with Gasteiger partial charge in [0.05, 0.1) is 25.1 Å². The number of rotatable bonds is 4. The summed E-state index contributed by atoms with van der Waals surface area (Å²) in [6, 6.07) is 13.5. The summed E-state index contributed by atoms with van der Waals surface area (Å²) in [5.74, 6) is 0.702. The van der Waals surface area contributed by atoms with E-state index in [1.165, 1.54) is 0 Å². The molecule has 0 radical (unpaired) electrons. The topological polar surface area (TPSA) is 58.6 Å². The summed E-state index contributed by atoms with van der Waals surface area (Å²) in [7, 11) is 1.75. The highest BCUT2D eigenvalue weighted by molar-refractivity contribution is 5.95. The molecule has 0 bridgehead atoms. The number of hydrogen-bond acceptors (Lipinski definition) is 3. The van der Waals surface area contributed by atoms with E-state index in [4.69, 9.17) is 4.74 Å². The van der Waals surface area contributed by atoms with Gasteiger partial charge in [0.1, 0.15) is 5.75 Å². The van der Waals surface area contributed by atoms with Crippen LogP contribution in [0.4, 0.5) is 5.69 Å². The zero-order valence-electron chi connectivity index (χ0n) is 14.5. The van der Waals surface area contributed by atoms with Crippen molar-refractivity contribution in [1.82, 2.24) is 5.32 Å². The van der Waals surface area contributed by atoms with Crippen molar-refractivity contribution in [2.24, 2.45) is 0 Å². The lowest BCUT2D eigenvalue weighted by Gasteiger charge is -2.17. The van der Waals surface area contributed by atoms with Crippen LogP contribution in [-0.4, -0.2) is 25.5 Å². The van der Waals surface area contributed by atoms with Crippen LogP contribution < -0.4 is 15.0 Å². The van der Waals surface area contributed by atoms with E-state index in [0.717, 1.165) is 22.4 Å². The van der Waals surface area contributed by atoms with Gasteiger partial charge in [0.15, 0.2) is 0 Å². The summed E-state index contributed by atoms with van der Waals surface area (Å²) in [6.07, 6.45) is 0.729. The van der Waals surface area contributed by atoms with Gasteiger partial charge in [0.25, 0.3) is 0 Å². The summed E-state index contributed by atoms with van der Waals surface area (Å²) < 4.78 is 5.61. The highest BCUT2D eigenvalue weighted by atomic mass is 16.5. The van der Waals surface area contributed by atoms with E-state index in [0.29, 0.717) is 31.7 Å². The Morgan fingerprint density at radius 2 is 2.04 bits per heavy atom. The summed E-state index contributed by atoms with van der Waals surface area (Å²) in [5, 5.41) is 2.94. The lowest BCUT2D eigenvalue weighted by Crippen LogP contribution is -2.26. The third kappa shape index (κ3) is 3.99. The molecule has 0 unspecified atom stereocenters. The fourth-order valence-corrected chi connectivity index (χ4v) is 2.85. The minimum atomic E-state index is -0.0232. The Bertz CT molecular complexity index is 801. The SMILES string of the molecule is Cc1ccccc1CC(=O)NCc1ccc2c(c1)N(C)C(=O)CCO2. The molecule has 5 nitrogen and oxygen atoms in total. The zero-order chi connectivity index (χ0) is 17.8. The smallest absolute Gasteiger partial charge is 0.230 e. The molecule has 1 N–H and O–H groups in total. The Kier molecular flexibility index (Phi) is 5.03. The molecule has 0 saturated carbocycles. The van der Waals surface area contributed by atoms with Crippen LogP contribution >= 0.6 is 0 Å². The van der Waals surface area contributed by atoms with Gasteiger partial charge in [0, 0.05) is 13.6 Å². The van der Waals surface area contributed by atoms with E-state index in [9.17, 15) is 9.59 Å². The molecule has 0 atom stereocenters. The fraction of sp³-hybridized carbons (Fsp3) is 0.300. The number of hydrogen-bond donors (Lipinski definition) is 1. The number of carbonyl (C=O) groups is 2. The van der Waals surface area contributed by atoms with Crippen molar-refractivity contribution >= 4 is 17.5 Å². The predicted octanol–water partition coefficient (Wildman–Crippen LogP) is 2.60. The predicted molar refractivity (Wildman–Crippen MR) is 96.7 cm³/mol. The van der Waals surface area contributed by atoms with Gasteiger partial charge >= 0.3 is 0 Å². The van der Waals surface area contributed by atoms with Crippen LogP contribution in [0.1, 0.15) is 23.1 Å². The van der Waals surface area contributed by atoms with Gasteiger partial charge in [-0.15, -0.1) is 0 Å². The highest BCUT2D eigenvalue weighted by Crippen LogP contribution is 2.31. The molecule has 5 heteroatoms. The van der Waals surface area contributed by atoms with Crippen LogP contribution in [0.25, 0.3) is 0 Å². The highest BCUT2D eigenvalue weighted by Gasteiger charge is 2.20. The van der Waals surface area contributed by atoms with E-state index in [-0.39, 0.29) is 11.8 Å². The van der Waals surface area contributed by atoms with E-state index in [1.54, 1.807) is 11.9 Å². The summed E-state index contributed by atoms with van der Waals surface area (Å²) in [6.45, 7) is 2.81. The number of nitrogens with zero attached hydrogens (tertiary/aromatic N) is 1. The number of carbonyl (C=O) groups excluding carboxylic acids is 2. The minimum Gasteiger partial charge on any atom is -0.491 e. The van der Waals surface area contributed by atoms with Crippen molar-refractivity contribution in [1.29, 1.82) is 0 Å². The Hall–Kier alpha value is -2.82. The van der Waals surface area contributed by atoms with Crippen LogP contribution in [0, 0.1) is 6.92 Å². The molecule has 0 spiro atoms. The molecule has 1 aliphatic rings. The number of aryl methyl sites for hydroxylation is 1. The van der Waals surface area contributed by atoms with Crippen LogP contribution in [0.3, 0.4) is 0 Å². The number of anilines is 1. The average Bonchev–Trinajstić information content (AvgIpc) is 2.74. The molecule has 1 heterocycles. The monoisotopic (exact) mass is 338 g/mol. The van der Waals surface area contributed by atoms with Crippen molar-refractivity contribution in [3.8, 4) is 5.75 Å². The Morgan fingerprint density at radius 1 is 1.24 bits per heavy atom. The molecule has 1 aliphatic heterocycles. The number of benzene rings is 2. The van der Waals surface area contributed by atoms with Crippen LogP contribution in [0.15, 0.2) is 42.5 Å². The molecular weight excluding hydrogens is 316 g/mol. The first-order valence-electron chi connectivity index (χ1n) is 8.38. The maximum absolute atomic E-state index is 12.2. The maximum atomic E-state index is 12.2. The average molecular weight is 338 g/mol. The van der Waals surface area contributed by atoms with Gasteiger partial charge in [0.2, 0.25) is 11.8 Å². The Balaban J connectivity index is 1.66. The number of amides is 2. The number of nitrogens with one attached hydrogen (secondary N) is 1. The fourth-order valence-electron chi connectivity index (χ4n) is 2.85. The normalized spacial score (nSPS) is 13.7. The largest absolute Gasteiger partial charge is 0.491 e. The summed E-state index contributed by atoms with van der Waals surface area (Å²) in [4.78, 5) is 25.8. The third-order valence-corrected chi connectivity index (χ3v) is 4.43. The second-order valence-electron chi connectivity index (χ2n) is 6.23. The first-order valence-corrected chi connectivity index (χ1v) is 8.38. The molecule has 0 aliphatic carbocycles. The lowest BCUT2D eigenvalue weighted by atomic mass is 10.1. The molecule has 25 heavy (non-hydrogen) atoms. The second-order valence-corrected chi connectivity index (χ2v) is 6.23. The van der Waals surface area contributed by atoms with Crippen LogP contribution in [-0.2, 0) is 22.6 Å². The van der Waals surface area contributed by atoms with Crippen molar-refractivity contribution in [2.45, 2.75) is 26.3 Å². The number of ether oxygens (including phenoxy) is 1. The minimum absolute atomic E-state index is 0.0232. The van der Waals surface area contributed by atoms with Crippen molar-refractivity contribution in [3.05, 3.63) is 59.2 Å². The third-order valence-electron chi connectivity index (χ3n) is 4.43. The molecule has 2 amide bonds. The van der Waals surface area contributed by atoms with Crippen LogP contribution in [0.5, 0.6) is 5.75 Å². The van der Waals surface area contributed by atoms with Gasteiger partial charge in [-0.25, -0.2) is 0 Å². The zero-order valence-corrected chi connectivity index (χ0v) is 14.5. The summed E-state index contributed by atoms with van der Waals surface area (Å²) in [5.41, 5.74) is 3.82. The van der Waals surface area contributed by atoms with Gasteiger partial charge in [-0.2, -0.15) is 0 Å². The Labute approximate surface area is 147 Å². The van der Waals surface area contributed by atoms with Gasteiger partial charge in [-0.3, -0.25) is 9.59 Å². The van der Waals surface area contributed by atoms with Gasteiger partial charge < -0.3 is 15.0 Å². The lowest BCUT2D eigenvalue weighted by molar-refractivity contribution is -0.120. The van der Waals surface area contributed by atoms with E-state index in [1.807, 2.05) is 49.4 Å². The molecule has 0 aromatic heterocycles.